The van der Waals surface area contributed by atoms with Crippen LogP contribution in [0, 0.1) is 0 Å². The zero-order valence-corrected chi connectivity index (χ0v) is 18.6. The minimum Gasteiger partial charge on any atom is -0.421 e. The molecule has 1 fully saturated rings. The molecule has 0 saturated carbocycles. The van der Waals surface area contributed by atoms with Gasteiger partial charge in [0.15, 0.2) is 0 Å². The molecule has 31 heavy (non-hydrogen) atoms. The van der Waals surface area contributed by atoms with Gasteiger partial charge >= 0.3 is 0 Å². The molecular formula is C23H26N4O3S. The van der Waals surface area contributed by atoms with Crippen LogP contribution in [0.2, 0.25) is 0 Å². The maximum absolute atomic E-state index is 13.1. The van der Waals surface area contributed by atoms with Crippen molar-refractivity contribution in [2.24, 2.45) is 0 Å². The summed E-state index contributed by atoms with van der Waals surface area (Å²) >= 11 is 1.57. The Morgan fingerprint density at radius 3 is 2.42 bits per heavy atom. The largest absolute Gasteiger partial charge is 0.421 e. The summed E-state index contributed by atoms with van der Waals surface area (Å²) in [5.74, 6) is 1.09. The molecule has 1 aromatic carbocycles. The summed E-state index contributed by atoms with van der Waals surface area (Å²) in [4.78, 5) is 29.4. The van der Waals surface area contributed by atoms with Gasteiger partial charge in [0.05, 0.1) is 5.41 Å². The Morgan fingerprint density at radius 2 is 1.74 bits per heavy atom. The highest BCUT2D eigenvalue weighted by atomic mass is 32.1. The molecule has 0 aliphatic carbocycles. The Bertz CT molecular complexity index is 1020. The Hall–Kier alpha value is -3.00. The molecule has 2 amide bonds. The molecule has 3 heterocycles. The van der Waals surface area contributed by atoms with Gasteiger partial charge in [-0.3, -0.25) is 9.59 Å². The molecule has 0 spiro atoms. The fraction of sp³-hybridized carbons (Fsp3) is 0.391. The van der Waals surface area contributed by atoms with E-state index in [2.05, 4.69) is 10.2 Å². The molecule has 7 nitrogen and oxygen atoms in total. The van der Waals surface area contributed by atoms with Gasteiger partial charge in [0.2, 0.25) is 23.6 Å². The summed E-state index contributed by atoms with van der Waals surface area (Å²) in [5.41, 5.74) is 1.31. The second-order valence-corrected chi connectivity index (χ2v) is 8.96. The standard InChI is InChI=1S/C23H26N4O3S/c1-23(2,18-6-4-3-5-7-18)22(29)27-13-11-26(12-14-27)20(28)9-8-19-24-25-21(30-19)17-10-15-31-16-17/h3-7,10,15-16H,8-9,11-14H2,1-2H3. The average Bonchev–Trinajstić information content (AvgIpc) is 3.49. The average molecular weight is 439 g/mol. The molecule has 1 aliphatic heterocycles. The van der Waals surface area contributed by atoms with Gasteiger partial charge in [0, 0.05) is 50.0 Å². The van der Waals surface area contributed by atoms with Gasteiger partial charge < -0.3 is 14.2 Å². The summed E-state index contributed by atoms with van der Waals surface area (Å²) in [5, 5.41) is 12.0. The van der Waals surface area contributed by atoms with Crippen LogP contribution >= 0.6 is 11.3 Å². The number of piperazine rings is 1. The Morgan fingerprint density at radius 1 is 1.03 bits per heavy atom. The van der Waals surface area contributed by atoms with Crippen molar-refractivity contribution in [1.82, 2.24) is 20.0 Å². The van der Waals surface area contributed by atoms with Crippen LogP contribution in [-0.4, -0.2) is 58.0 Å². The van der Waals surface area contributed by atoms with Gasteiger partial charge in [-0.15, -0.1) is 10.2 Å². The highest BCUT2D eigenvalue weighted by molar-refractivity contribution is 7.08. The monoisotopic (exact) mass is 438 g/mol. The van der Waals surface area contributed by atoms with E-state index >= 15 is 0 Å². The Kier molecular flexibility index (Phi) is 6.18. The third-order valence-electron chi connectivity index (χ3n) is 5.74. The molecule has 8 heteroatoms. The number of aryl methyl sites for hydroxylation is 1. The van der Waals surface area contributed by atoms with Crippen molar-refractivity contribution in [3.05, 3.63) is 58.6 Å². The Balaban J connectivity index is 1.27. The molecule has 0 atom stereocenters. The van der Waals surface area contributed by atoms with Crippen molar-refractivity contribution in [2.45, 2.75) is 32.1 Å². The molecule has 0 radical (unpaired) electrons. The van der Waals surface area contributed by atoms with Crippen LogP contribution in [0.5, 0.6) is 0 Å². The zero-order chi connectivity index (χ0) is 21.8. The van der Waals surface area contributed by atoms with E-state index in [4.69, 9.17) is 4.42 Å². The van der Waals surface area contributed by atoms with E-state index in [1.54, 1.807) is 11.3 Å². The highest BCUT2D eigenvalue weighted by Crippen LogP contribution is 2.26. The molecule has 3 aromatic rings. The normalized spacial score (nSPS) is 14.6. The Labute approximate surface area is 185 Å². The molecule has 1 aliphatic rings. The van der Waals surface area contributed by atoms with E-state index in [-0.39, 0.29) is 11.8 Å². The first-order chi connectivity index (χ1) is 14.9. The van der Waals surface area contributed by atoms with E-state index in [9.17, 15) is 9.59 Å². The second kappa shape index (κ2) is 9.01. The van der Waals surface area contributed by atoms with Crippen LogP contribution in [0.1, 0.15) is 31.7 Å². The van der Waals surface area contributed by atoms with E-state index in [1.807, 2.05) is 70.8 Å². The topological polar surface area (TPSA) is 79.5 Å². The highest BCUT2D eigenvalue weighted by Gasteiger charge is 2.35. The minimum absolute atomic E-state index is 0.0460. The van der Waals surface area contributed by atoms with Crippen molar-refractivity contribution in [3.63, 3.8) is 0 Å². The lowest BCUT2D eigenvalue weighted by Gasteiger charge is -2.38. The van der Waals surface area contributed by atoms with Gasteiger partial charge in [-0.1, -0.05) is 30.3 Å². The SMILES string of the molecule is CC(C)(C(=O)N1CCN(C(=O)CCc2nnc(-c3ccsc3)o2)CC1)c1ccccc1. The predicted octanol–water partition coefficient (Wildman–Crippen LogP) is 3.38. The van der Waals surface area contributed by atoms with E-state index in [1.165, 1.54) is 0 Å². The molecule has 0 N–H and O–H groups in total. The number of thiophene rings is 1. The van der Waals surface area contributed by atoms with Crippen LogP contribution in [0.4, 0.5) is 0 Å². The van der Waals surface area contributed by atoms with E-state index in [0.717, 1.165) is 11.1 Å². The molecule has 2 aromatic heterocycles. The molecule has 162 valence electrons. The molecular weight excluding hydrogens is 412 g/mol. The number of benzene rings is 1. The van der Waals surface area contributed by atoms with Crippen molar-refractivity contribution in [2.75, 3.05) is 26.2 Å². The first-order valence-corrected chi connectivity index (χ1v) is 11.4. The summed E-state index contributed by atoms with van der Waals surface area (Å²) < 4.78 is 5.65. The fourth-order valence-corrected chi connectivity index (χ4v) is 4.39. The van der Waals surface area contributed by atoms with E-state index in [0.29, 0.717) is 50.8 Å². The third-order valence-corrected chi connectivity index (χ3v) is 6.42. The number of rotatable bonds is 6. The van der Waals surface area contributed by atoms with Crippen LogP contribution < -0.4 is 0 Å². The lowest BCUT2D eigenvalue weighted by Crippen LogP contribution is -2.54. The lowest BCUT2D eigenvalue weighted by atomic mass is 9.83. The van der Waals surface area contributed by atoms with E-state index < -0.39 is 5.41 Å². The molecule has 4 rings (SSSR count). The van der Waals surface area contributed by atoms with Crippen molar-refractivity contribution in [3.8, 4) is 11.5 Å². The van der Waals surface area contributed by atoms with Crippen molar-refractivity contribution >= 4 is 23.2 Å². The summed E-state index contributed by atoms with van der Waals surface area (Å²) in [7, 11) is 0. The van der Waals surface area contributed by atoms with Crippen LogP contribution in [0.3, 0.4) is 0 Å². The summed E-state index contributed by atoms with van der Waals surface area (Å²) in [6.45, 7) is 6.08. The van der Waals surface area contributed by atoms with Crippen LogP contribution in [0.15, 0.2) is 51.6 Å². The number of amides is 2. The van der Waals surface area contributed by atoms with Gasteiger partial charge in [0.1, 0.15) is 0 Å². The molecule has 0 bridgehead atoms. The smallest absolute Gasteiger partial charge is 0.248 e. The number of aromatic nitrogens is 2. The van der Waals surface area contributed by atoms with Crippen molar-refractivity contribution < 1.29 is 14.0 Å². The van der Waals surface area contributed by atoms with Crippen molar-refractivity contribution in [1.29, 1.82) is 0 Å². The fourth-order valence-electron chi connectivity index (χ4n) is 3.76. The number of nitrogens with zero attached hydrogens (tertiary/aromatic N) is 4. The zero-order valence-electron chi connectivity index (χ0n) is 17.8. The first-order valence-electron chi connectivity index (χ1n) is 10.4. The second-order valence-electron chi connectivity index (χ2n) is 8.18. The molecule has 0 unspecified atom stereocenters. The van der Waals surface area contributed by atoms with Gasteiger partial charge in [0.25, 0.3) is 0 Å². The summed E-state index contributed by atoms with van der Waals surface area (Å²) in [6.07, 6.45) is 0.727. The van der Waals surface area contributed by atoms with Gasteiger partial charge in [-0.2, -0.15) is 11.3 Å². The maximum Gasteiger partial charge on any atom is 0.248 e. The maximum atomic E-state index is 13.1. The number of hydrogen-bond acceptors (Lipinski definition) is 6. The third kappa shape index (κ3) is 4.69. The lowest BCUT2D eigenvalue weighted by molar-refractivity contribution is -0.142. The molecule has 1 saturated heterocycles. The van der Waals surface area contributed by atoms with Gasteiger partial charge in [-0.05, 0) is 30.9 Å². The van der Waals surface area contributed by atoms with Crippen LogP contribution in [-0.2, 0) is 21.4 Å². The van der Waals surface area contributed by atoms with Crippen LogP contribution in [0.25, 0.3) is 11.5 Å². The number of carbonyl (C=O) groups is 2. The van der Waals surface area contributed by atoms with Gasteiger partial charge in [-0.25, -0.2) is 0 Å². The predicted molar refractivity (Wildman–Crippen MR) is 119 cm³/mol. The number of carbonyl (C=O) groups excluding carboxylic acids is 2. The quantitative estimate of drug-likeness (QED) is 0.589. The minimum atomic E-state index is -0.592. The summed E-state index contributed by atoms with van der Waals surface area (Å²) in [6, 6.07) is 11.7. The first kappa shape index (κ1) is 21.2. The number of hydrogen-bond donors (Lipinski definition) is 0.